The van der Waals surface area contributed by atoms with Crippen LogP contribution in [-0.2, 0) is 0 Å². The van der Waals surface area contributed by atoms with Gasteiger partial charge in [-0.3, -0.25) is 9.78 Å². The second-order valence-corrected chi connectivity index (χ2v) is 3.94. The molecule has 19 heavy (non-hydrogen) atoms. The zero-order valence-electron chi connectivity index (χ0n) is 10.5. The quantitative estimate of drug-likeness (QED) is 0.564. The number of phenols is 1. The smallest absolute Gasteiger partial charge is 0.274 e. The molecule has 0 spiro atoms. The third-order valence-corrected chi connectivity index (χ3v) is 2.48. The first-order valence-corrected chi connectivity index (χ1v) is 5.59. The van der Waals surface area contributed by atoms with Crippen molar-refractivity contribution in [3.63, 3.8) is 0 Å². The summed E-state index contributed by atoms with van der Waals surface area (Å²) in [4.78, 5) is 13.8. The summed E-state index contributed by atoms with van der Waals surface area (Å²) in [5, 5.41) is 20.7. The number of hydrazone groups is 1. The fourth-order valence-electron chi connectivity index (χ4n) is 1.35. The van der Waals surface area contributed by atoms with E-state index in [1.54, 1.807) is 38.1 Å². The molecule has 1 aromatic carbocycles. The summed E-state index contributed by atoms with van der Waals surface area (Å²) in [7, 11) is 0. The van der Waals surface area contributed by atoms with Crippen LogP contribution in [-0.4, -0.2) is 26.0 Å². The Labute approximate surface area is 109 Å². The van der Waals surface area contributed by atoms with Crippen molar-refractivity contribution in [2.75, 3.05) is 5.43 Å². The summed E-state index contributed by atoms with van der Waals surface area (Å²) in [5.74, 6) is 0.368. The van der Waals surface area contributed by atoms with Gasteiger partial charge in [0.2, 0.25) is 5.95 Å². The van der Waals surface area contributed by atoms with Crippen LogP contribution in [0, 0.1) is 6.92 Å². The molecule has 1 aromatic heterocycles. The maximum Gasteiger partial charge on any atom is 0.274 e. The molecule has 0 saturated heterocycles. The first-order valence-electron chi connectivity index (χ1n) is 5.59. The number of aromatic amines is 1. The minimum atomic E-state index is -0.310. The number of aryl methyl sites for hydroxylation is 1. The van der Waals surface area contributed by atoms with E-state index in [1.165, 1.54) is 0 Å². The van der Waals surface area contributed by atoms with Crippen LogP contribution in [0.15, 0.2) is 34.2 Å². The van der Waals surface area contributed by atoms with Gasteiger partial charge in [-0.1, -0.05) is 0 Å². The van der Waals surface area contributed by atoms with Crippen LogP contribution in [0.2, 0.25) is 0 Å². The molecule has 0 aliphatic heterocycles. The Morgan fingerprint density at radius 3 is 2.63 bits per heavy atom. The minimum absolute atomic E-state index is 0.175. The second-order valence-electron chi connectivity index (χ2n) is 3.94. The number of rotatable bonds is 3. The molecule has 0 saturated carbocycles. The Morgan fingerprint density at radius 1 is 1.32 bits per heavy atom. The number of hydrogen-bond acceptors (Lipinski definition) is 6. The third kappa shape index (κ3) is 3.15. The molecule has 0 bridgehead atoms. The summed E-state index contributed by atoms with van der Waals surface area (Å²) in [6, 6.07) is 6.61. The number of phenolic OH excluding ortho intramolecular Hbond substituents is 1. The fourth-order valence-corrected chi connectivity index (χ4v) is 1.35. The number of nitrogens with zero attached hydrogens (tertiary/aromatic N) is 3. The van der Waals surface area contributed by atoms with Crippen LogP contribution in [0.5, 0.6) is 5.75 Å². The van der Waals surface area contributed by atoms with Crippen LogP contribution in [0.3, 0.4) is 0 Å². The molecule has 3 N–H and O–H groups in total. The molecule has 0 atom stereocenters. The summed E-state index contributed by atoms with van der Waals surface area (Å²) in [6.45, 7) is 3.36. The minimum Gasteiger partial charge on any atom is -0.508 e. The maximum absolute atomic E-state index is 11.3. The highest BCUT2D eigenvalue weighted by molar-refractivity contribution is 5.99. The number of hydrogen-bond donors (Lipinski definition) is 3. The highest BCUT2D eigenvalue weighted by atomic mass is 16.3. The standard InChI is InChI=1S/C12H13N5O2/c1-7(9-3-5-10(18)6-4-9)14-16-12-13-11(19)8(2)15-17-12/h3-6,18H,1-2H3,(H2,13,16,17,19)/b14-7+. The molecule has 0 fully saturated rings. The highest BCUT2D eigenvalue weighted by Crippen LogP contribution is 2.10. The monoisotopic (exact) mass is 259 g/mol. The number of aromatic nitrogens is 3. The Morgan fingerprint density at radius 2 is 2.00 bits per heavy atom. The Balaban J connectivity index is 2.15. The largest absolute Gasteiger partial charge is 0.508 e. The van der Waals surface area contributed by atoms with Crippen LogP contribution < -0.4 is 11.0 Å². The number of H-pyrrole nitrogens is 1. The molecule has 2 rings (SSSR count). The molecule has 1 heterocycles. The van der Waals surface area contributed by atoms with Crippen molar-refractivity contribution in [1.29, 1.82) is 0 Å². The lowest BCUT2D eigenvalue weighted by Crippen LogP contribution is -2.16. The van der Waals surface area contributed by atoms with Gasteiger partial charge >= 0.3 is 0 Å². The predicted molar refractivity (Wildman–Crippen MR) is 71.3 cm³/mol. The predicted octanol–water partition coefficient (Wildman–Crippen LogP) is 1.02. The van der Waals surface area contributed by atoms with E-state index in [-0.39, 0.29) is 17.3 Å². The van der Waals surface area contributed by atoms with Crippen molar-refractivity contribution in [2.45, 2.75) is 13.8 Å². The maximum atomic E-state index is 11.3. The van der Waals surface area contributed by atoms with Gasteiger partial charge in [0.15, 0.2) is 0 Å². The van der Waals surface area contributed by atoms with Gasteiger partial charge in [0.1, 0.15) is 11.4 Å². The van der Waals surface area contributed by atoms with Crippen LogP contribution in [0.1, 0.15) is 18.2 Å². The molecule has 0 aliphatic rings. The normalized spacial score (nSPS) is 11.4. The average Bonchev–Trinajstić information content (AvgIpc) is 2.40. The van der Waals surface area contributed by atoms with Gasteiger partial charge in [-0.2, -0.15) is 5.10 Å². The lowest BCUT2D eigenvalue weighted by atomic mass is 10.1. The molecule has 0 radical (unpaired) electrons. The average molecular weight is 259 g/mol. The Kier molecular flexibility index (Phi) is 3.56. The van der Waals surface area contributed by atoms with Gasteiger partial charge in [0.25, 0.3) is 5.56 Å². The van der Waals surface area contributed by atoms with Crippen molar-refractivity contribution in [1.82, 2.24) is 15.2 Å². The van der Waals surface area contributed by atoms with Crippen molar-refractivity contribution < 1.29 is 5.11 Å². The molecule has 98 valence electrons. The molecular formula is C12H13N5O2. The van der Waals surface area contributed by atoms with Crippen molar-refractivity contribution in [2.24, 2.45) is 5.10 Å². The molecular weight excluding hydrogens is 246 g/mol. The molecule has 7 nitrogen and oxygen atoms in total. The van der Waals surface area contributed by atoms with Gasteiger partial charge in [-0.25, -0.2) is 5.43 Å². The molecule has 0 aliphatic carbocycles. The molecule has 0 amide bonds. The number of aromatic hydroxyl groups is 1. The summed E-state index contributed by atoms with van der Waals surface area (Å²) < 4.78 is 0. The zero-order chi connectivity index (χ0) is 13.8. The SMILES string of the molecule is C/C(=N\Nc1nnc(C)c(=O)[nH]1)c1ccc(O)cc1. The number of benzene rings is 1. The second kappa shape index (κ2) is 5.30. The van der Waals surface area contributed by atoms with E-state index < -0.39 is 0 Å². The summed E-state index contributed by atoms with van der Waals surface area (Å²) >= 11 is 0. The number of anilines is 1. The third-order valence-electron chi connectivity index (χ3n) is 2.48. The summed E-state index contributed by atoms with van der Waals surface area (Å²) in [6.07, 6.45) is 0. The van der Waals surface area contributed by atoms with Crippen LogP contribution in [0.25, 0.3) is 0 Å². The van der Waals surface area contributed by atoms with E-state index in [0.717, 1.165) is 5.56 Å². The first kappa shape index (κ1) is 12.7. The Bertz CT molecular complexity index is 661. The lowest BCUT2D eigenvalue weighted by Gasteiger charge is -2.02. The first-order chi connectivity index (χ1) is 9.06. The van der Waals surface area contributed by atoms with Gasteiger partial charge < -0.3 is 5.11 Å². The van der Waals surface area contributed by atoms with E-state index in [1.807, 2.05) is 0 Å². The van der Waals surface area contributed by atoms with Crippen molar-refractivity contribution >= 4 is 11.7 Å². The van der Waals surface area contributed by atoms with E-state index in [0.29, 0.717) is 11.4 Å². The molecule has 7 heteroatoms. The van der Waals surface area contributed by atoms with Crippen LogP contribution in [0.4, 0.5) is 5.95 Å². The van der Waals surface area contributed by atoms with Gasteiger partial charge in [-0.05, 0) is 43.7 Å². The van der Waals surface area contributed by atoms with Gasteiger partial charge in [0, 0.05) is 0 Å². The van der Waals surface area contributed by atoms with E-state index in [2.05, 4.69) is 25.7 Å². The van der Waals surface area contributed by atoms with Crippen molar-refractivity contribution in [3.05, 3.63) is 45.9 Å². The zero-order valence-corrected chi connectivity index (χ0v) is 10.5. The summed E-state index contributed by atoms with van der Waals surface area (Å²) in [5.41, 5.74) is 4.13. The highest BCUT2D eigenvalue weighted by Gasteiger charge is 2.00. The van der Waals surface area contributed by atoms with Gasteiger partial charge in [-0.15, -0.1) is 10.2 Å². The molecule has 0 unspecified atom stereocenters. The van der Waals surface area contributed by atoms with Crippen molar-refractivity contribution in [3.8, 4) is 5.75 Å². The lowest BCUT2D eigenvalue weighted by molar-refractivity contribution is 0.475. The van der Waals surface area contributed by atoms with Crippen LogP contribution >= 0.6 is 0 Å². The number of nitrogens with one attached hydrogen (secondary N) is 2. The Hall–Kier alpha value is -2.70. The van der Waals surface area contributed by atoms with E-state index in [4.69, 9.17) is 0 Å². The molecule has 2 aromatic rings. The topological polar surface area (TPSA) is 103 Å². The fraction of sp³-hybridized carbons (Fsp3) is 0.167. The van der Waals surface area contributed by atoms with E-state index in [9.17, 15) is 9.90 Å². The van der Waals surface area contributed by atoms with E-state index >= 15 is 0 Å². The van der Waals surface area contributed by atoms with Gasteiger partial charge in [0.05, 0.1) is 5.71 Å².